The van der Waals surface area contributed by atoms with E-state index in [1.165, 1.54) is 16.2 Å². The Kier molecular flexibility index (Phi) is 3.34. The topological polar surface area (TPSA) is 42.2 Å². The molecule has 0 aliphatic heterocycles. The molecule has 0 amide bonds. The molecule has 98 valence electrons. The molecule has 0 aliphatic rings. The maximum Gasteiger partial charge on any atom is 0.390 e. The van der Waals surface area contributed by atoms with Crippen molar-refractivity contribution in [1.29, 1.82) is 0 Å². The van der Waals surface area contributed by atoms with Gasteiger partial charge in [-0.3, -0.25) is 0 Å². The maximum atomic E-state index is 12.1. The van der Waals surface area contributed by atoms with Crippen LogP contribution in [0.5, 0.6) is 0 Å². The molecule has 7 heteroatoms. The molecule has 0 atom stereocenters. The van der Waals surface area contributed by atoms with Gasteiger partial charge in [-0.2, -0.15) is 13.2 Å². The number of benzene rings is 1. The van der Waals surface area contributed by atoms with Crippen molar-refractivity contribution in [2.24, 2.45) is 0 Å². The predicted octanol–water partition coefficient (Wildman–Crippen LogP) is 3.27. The van der Waals surface area contributed by atoms with E-state index in [-0.39, 0.29) is 6.54 Å². The standard InChI is InChI=1S/C11H12F3N3S/c1-17(5-4-11(12,13)14)10-16-8-3-2-7(15)6-9(8)18-10/h2-3,6H,4-5,15H2,1H3. The van der Waals surface area contributed by atoms with E-state index in [4.69, 9.17) is 5.73 Å². The molecular weight excluding hydrogens is 263 g/mol. The van der Waals surface area contributed by atoms with Crippen molar-refractivity contribution in [2.45, 2.75) is 12.6 Å². The van der Waals surface area contributed by atoms with Gasteiger partial charge < -0.3 is 10.6 Å². The molecule has 0 aliphatic carbocycles. The third-order valence-electron chi connectivity index (χ3n) is 2.46. The minimum atomic E-state index is -4.14. The Labute approximate surface area is 106 Å². The number of aromatic nitrogens is 1. The molecule has 3 nitrogen and oxygen atoms in total. The van der Waals surface area contributed by atoms with Crippen LogP contribution < -0.4 is 10.6 Å². The van der Waals surface area contributed by atoms with Gasteiger partial charge in [0.25, 0.3) is 0 Å². The monoisotopic (exact) mass is 275 g/mol. The van der Waals surface area contributed by atoms with Crippen LogP contribution in [0.1, 0.15) is 6.42 Å². The van der Waals surface area contributed by atoms with E-state index in [2.05, 4.69) is 4.98 Å². The van der Waals surface area contributed by atoms with E-state index >= 15 is 0 Å². The van der Waals surface area contributed by atoms with Crippen molar-refractivity contribution < 1.29 is 13.2 Å². The molecule has 2 N–H and O–H groups in total. The third kappa shape index (κ3) is 3.04. The zero-order valence-electron chi connectivity index (χ0n) is 9.66. The van der Waals surface area contributed by atoms with Gasteiger partial charge in [-0.1, -0.05) is 11.3 Å². The molecule has 0 bridgehead atoms. The number of nitrogens with two attached hydrogens (primary N) is 1. The molecule has 0 radical (unpaired) electrons. The fourth-order valence-corrected chi connectivity index (χ4v) is 2.48. The zero-order chi connectivity index (χ0) is 13.3. The lowest BCUT2D eigenvalue weighted by atomic mass is 10.3. The number of hydrogen-bond acceptors (Lipinski definition) is 4. The van der Waals surface area contributed by atoms with Crippen molar-refractivity contribution in [1.82, 2.24) is 4.98 Å². The van der Waals surface area contributed by atoms with Crippen molar-refractivity contribution in [3.05, 3.63) is 18.2 Å². The van der Waals surface area contributed by atoms with Gasteiger partial charge >= 0.3 is 6.18 Å². The molecule has 0 saturated carbocycles. The second-order valence-electron chi connectivity index (χ2n) is 4.01. The highest BCUT2D eigenvalue weighted by atomic mass is 32.1. The average Bonchev–Trinajstić information content (AvgIpc) is 2.67. The first-order valence-electron chi connectivity index (χ1n) is 5.29. The van der Waals surface area contributed by atoms with Gasteiger partial charge in [0, 0.05) is 19.3 Å². The van der Waals surface area contributed by atoms with Crippen LogP contribution in [0, 0.1) is 0 Å². The lowest BCUT2D eigenvalue weighted by Crippen LogP contribution is -2.23. The second kappa shape index (κ2) is 4.64. The smallest absolute Gasteiger partial charge is 0.390 e. The summed E-state index contributed by atoms with van der Waals surface area (Å²) >= 11 is 1.34. The molecule has 2 aromatic rings. The molecule has 1 aromatic heterocycles. The van der Waals surface area contributed by atoms with Gasteiger partial charge in [0.15, 0.2) is 5.13 Å². The summed E-state index contributed by atoms with van der Waals surface area (Å²) in [6.07, 6.45) is -4.99. The van der Waals surface area contributed by atoms with Gasteiger partial charge in [0.2, 0.25) is 0 Å². The molecule has 0 fully saturated rings. The minimum Gasteiger partial charge on any atom is -0.399 e. The number of halogens is 3. The summed E-state index contributed by atoms with van der Waals surface area (Å²) in [4.78, 5) is 5.78. The number of rotatable bonds is 3. The van der Waals surface area contributed by atoms with Gasteiger partial charge in [0.05, 0.1) is 16.6 Å². The Morgan fingerprint density at radius 2 is 2.11 bits per heavy atom. The van der Waals surface area contributed by atoms with E-state index < -0.39 is 12.6 Å². The molecular formula is C11H12F3N3S. The highest BCUT2D eigenvalue weighted by Gasteiger charge is 2.27. The van der Waals surface area contributed by atoms with Crippen molar-refractivity contribution >= 4 is 32.4 Å². The van der Waals surface area contributed by atoms with E-state index in [9.17, 15) is 13.2 Å². The van der Waals surface area contributed by atoms with Crippen molar-refractivity contribution in [3.63, 3.8) is 0 Å². The van der Waals surface area contributed by atoms with E-state index in [0.29, 0.717) is 10.8 Å². The highest BCUT2D eigenvalue weighted by Crippen LogP contribution is 2.30. The summed E-state index contributed by atoms with van der Waals surface area (Å²) < 4.78 is 37.3. The van der Waals surface area contributed by atoms with Crippen LogP contribution >= 0.6 is 11.3 Å². The summed E-state index contributed by atoms with van der Waals surface area (Å²) in [7, 11) is 1.60. The first-order valence-corrected chi connectivity index (χ1v) is 6.11. The normalized spacial score (nSPS) is 12.0. The minimum absolute atomic E-state index is 0.0984. The van der Waals surface area contributed by atoms with Crippen molar-refractivity contribution in [2.75, 3.05) is 24.2 Å². The number of hydrogen-bond donors (Lipinski definition) is 1. The fourth-order valence-electron chi connectivity index (χ4n) is 1.48. The van der Waals surface area contributed by atoms with Crippen molar-refractivity contribution in [3.8, 4) is 0 Å². The van der Waals surface area contributed by atoms with Crippen LogP contribution in [0.2, 0.25) is 0 Å². The number of anilines is 2. The fraction of sp³-hybridized carbons (Fsp3) is 0.364. The molecule has 0 spiro atoms. The zero-order valence-corrected chi connectivity index (χ0v) is 10.5. The molecule has 18 heavy (non-hydrogen) atoms. The average molecular weight is 275 g/mol. The lowest BCUT2D eigenvalue weighted by Gasteiger charge is -2.16. The summed E-state index contributed by atoms with van der Waals surface area (Å²) in [5.41, 5.74) is 7.02. The number of alkyl halides is 3. The Hall–Kier alpha value is -1.50. The van der Waals surface area contributed by atoms with Crippen LogP contribution in [0.15, 0.2) is 18.2 Å². The Morgan fingerprint density at radius 1 is 1.39 bits per heavy atom. The Morgan fingerprint density at radius 3 is 2.78 bits per heavy atom. The van der Waals surface area contributed by atoms with E-state index in [1.54, 1.807) is 25.2 Å². The molecule has 1 aromatic carbocycles. The Bertz CT molecular complexity index is 550. The van der Waals surface area contributed by atoms with Crippen LogP contribution in [0.3, 0.4) is 0 Å². The van der Waals surface area contributed by atoms with Crippen LogP contribution in [-0.4, -0.2) is 24.8 Å². The number of fused-ring (bicyclic) bond motifs is 1. The number of thiazole rings is 1. The van der Waals surface area contributed by atoms with E-state index in [0.717, 1.165) is 10.2 Å². The van der Waals surface area contributed by atoms with Gasteiger partial charge in [-0.25, -0.2) is 4.98 Å². The lowest BCUT2D eigenvalue weighted by molar-refractivity contribution is -0.132. The second-order valence-corrected chi connectivity index (χ2v) is 5.02. The van der Waals surface area contributed by atoms with Crippen LogP contribution in [0.4, 0.5) is 24.0 Å². The summed E-state index contributed by atoms with van der Waals surface area (Å²) in [6.45, 7) is -0.0984. The quantitative estimate of drug-likeness (QED) is 0.874. The van der Waals surface area contributed by atoms with Gasteiger partial charge in [-0.15, -0.1) is 0 Å². The largest absolute Gasteiger partial charge is 0.399 e. The first kappa shape index (κ1) is 12.9. The molecule has 0 saturated heterocycles. The highest BCUT2D eigenvalue weighted by molar-refractivity contribution is 7.22. The number of nitrogen functional groups attached to an aromatic ring is 1. The van der Waals surface area contributed by atoms with Crippen LogP contribution in [0.25, 0.3) is 10.2 Å². The summed E-state index contributed by atoms with van der Waals surface area (Å²) in [5.74, 6) is 0. The first-order chi connectivity index (χ1) is 8.35. The Balaban J connectivity index is 2.15. The summed E-state index contributed by atoms with van der Waals surface area (Å²) in [6, 6.07) is 5.26. The molecule has 2 rings (SSSR count). The maximum absolute atomic E-state index is 12.1. The predicted molar refractivity (Wildman–Crippen MR) is 68.0 cm³/mol. The SMILES string of the molecule is CN(CCC(F)(F)F)c1nc2ccc(N)cc2s1. The third-order valence-corrected chi connectivity index (χ3v) is 3.59. The van der Waals surface area contributed by atoms with E-state index in [1.807, 2.05) is 0 Å². The molecule has 0 unspecified atom stereocenters. The number of nitrogens with zero attached hydrogens (tertiary/aromatic N) is 2. The van der Waals surface area contributed by atoms with Gasteiger partial charge in [0.1, 0.15) is 0 Å². The van der Waals surface area contributed by atoms with Crippen LogP contribution in [-0.2, 0) is 0 Å². The summed E-state index contributed by atoms with van der Waals surface area (Å²) in [5, 5.41) is 0.569. The van der Waals surface area contributed by atoms with Gasteiger partial charge in [-0.05, 0) is 18.2 Å². The molecule has 1 heterocycles.